The lowest BCUT2D eigenvalue weighted by Crippen LogP contribution is -1.90. The van der Waals surface area contributed by atoms with Crippen LogP contribution in [0.15, 0.2) is 11.6 Å². The van der Waals surface area contributed by atoms with Gasteiger partial charge in [-0.15, -0.1) is 5.92 Å². The van der Waals surface area contributed by atoms with E-state index in [0.29, 0.717) is 5.71 Å². The molecule has 0 bridgehead atoms. The Morgan fingerprint density at radius 2 is 2.11 bits per heavy atom. The van der Waals surface area contributed by atoms with E-state index in [1.165, 1.54) is 0 Å². The van der Waals surface area contributed by atoms with Crippen LogP contribution in [0.25, 0.3) is 0 Å². The van der Waals surface area contributed by atoms with Crippen LogP contribution in [0.2, 0.25) is 0 Å². The van der Waals surface area contributed by atoms with Crippen molar-refractivity contribution < 1.29 is 0 Å². The molecule has 0 amide bonds. The van der Waals surface area contributed by atoms with Gasteiger partial charge >= 0.3 is 0 Å². The van der Waals surface area contributed by atoms with Gasteiger partial charge in [0.15, 0.2) is 0 Å². The molecule has 0 heterocycles. The minimum absolute atomic E-state index is 0.534. The van der Waals surface area contributed by atoms with E-state index in [2.05, 4.69) is 11.8 Å². The van der Waals surface area contributed by atoms with Crippen molar-refractivity contribution in [2.45, 2.75) is 20.8 Å². The molecule has 1 N–H and O–H groups in total. The molecule has 1 nitrogen and oxygen atoms in total. The zero-order chi connectivity index (χ0) is 7.28. The van der Waals surface area contributed by atoms with Crippen LogP contribution in [0, 0.1) is 17.3 Å². The summed E-state index contributed by atoms with van der Waals surface area (Å²) in [4.78, 5) is 0. The molecule has 0 rings (SSSR count). The largest absolute Gasteiger partial charge is 0.304 e. The first kappa shape index (κ1) is 7.97. The average molecular weight is 121 g/mol. The Labute approximate surface area is 56.3 Å². The molecule has 0 radical (unpaired) electrons. The summed E-state index contributed by atoms with van der Waals surface area (Å²) in [5.41, 5.74) is 1.35. The lowest BCUT2D eigenvalue weighted by Gasteiger charge is -1.90. The monoisotopic (exact) mass is 121 g/mol. The standard InChI is InChI=1S/C8H11N/c1-4-6-8(5-2)7(3)9/h5,9H,1-3H3/b8-5-,9-7?. The number of nitrogens with one attached hydrogen (secondary N) is 1. The van der Waals surface area contributed by atoms with E-state index in [9.17, 15) is 0 Å². The van der Waals surface area contributed by atoms with Gasteiger partial charge in [-0.2, -0.15) is 0 Å². The predicted molar refractivity (Wildman–Crippen MR) is 40.6 cm³/mol. The van der Waals surface area contributed by atoms with Gasteiger partial charge in [-0.25, -0.2) is 0 Å². The minimum Gasteiger partial charge on any atom is -0.304 e. The average Bonchev–Trinajstić information content (AvgIpc) is 1.82. The third kappa shape index (κ3) is 2.71. The van der Waals surface area contributed by atoms with Crippen molar-refractivity contribution in [3.05, 3.63) is 11.6 Å². The summed E-state index contributed by atoms with van der Waals surface area (Å²) in [7, 11) is 0. The van der Waals surface area contributed by atoms with Gasteiger partial charge < -0.3 is 5.41 Å². The SMILES string of the molecule is CC#C/C(=C/C)C(C)=N. The molecule has 0 spiro atoms. The van der Waals surface area contributed by atoms with Crippen molar-refractivity contribution in [2.24, 2.45) is 0 Å². The van der Waals surface area contributed by atoms with Crippen LogP contribution < -0.4 is 0 Å². The Morgan fingerprint density at radius 3 is 2.22 bits per heavy atom. The van der Waals surface area contributed by atoms with E-state index in [4.69, 9.17) is 5.41 Å². The van der Waals surface area contributed by atoms with Gasteiger partial charge in [0.25, 0.3) is 0 Å². The molecule has 48 valence electrons. The normalized spacial score (nSPS) is 9.89. The first-order valence-electron chi connectivity index (χ1n) is 2.87. The Kier molecular flexibility index (Phi) is 3.46. The van der Waals surface area contributed by atoms with Crippen LogP contribution in [0.5, 0.6) is 0 Å². The predicted octanol–water partition coefficient (Wildman–Crippen LogP) is 2.00. The number of hydrogen-bond acceptors (Lipinski definition) is 1. The van der Waals surface area contributed by atoms with Crippen LogP contribution in [0.1, 0.15) is 20.8 Å². The highest BCUT2D eigenvalue weighted by Crippen LogP contribution is 1.92. The summed E-state index contributed by atoms with van der Waals surface area (Å²) in [6, 6.07) is 0. The molecule has 0 aromatic rings. The van der Waals surface area contributed by atoms with Crippen LogP contribution >= 0.6 is 0 Å². The molecule has 1 heteroatoms. The molecule has 0 aromatic heterocycles. The maximum absolute atomic E-state index is 7.18. The Bertz CT molecular complexity index is 188. The van der Waals surface area contributed by atoms with E-state index < -0.39 is 0 Å². The fraction of sp³-hybridized carbons (Fsp3) is 0.375. The van der Waals surface area contributed by atoms with Crippen LogP contribution in [0.4, 0.5) is 0 Å². The third-order valence-electron chi connectivity index (χ3n) is 0.952. The smallest absolute Gasteiger partial charge is 0.0435 e. The molecule has 0 saturated carbocycles. The second-order valence-electron chi connectivity index (χ2n) is 1.70. The summed E-state index contributed by atoms with van der Waals surface area (Å²) in [5.74, 6) is 5.56. The first-order valence-corrected chi connectivity index (χ1v) is 2.87. The van der Waals surface area contributed by atoms with Crippen molar-refractivity contribution >= 4 is 5.71 Å². The Balaban J connectivity index is 4.32. The molecule has 0 saturated heterocycles. The van der Waals surface area contributed by atoms with E-state index in [-0.39, 0.29) is 0 Å². The fourth-order valence-electron chi connectivity index (χ4n) is 0.517. The topological polar surface area (TPSA) is 23.9 Å². The van der Waals surface area contributed by atoms with E-state index in [1.54, 1.807) is 13.8 Å². The molecule has 0 unspecified atom stereocenters. The molecule has 0 aliphatic carbocycles. The molecular weight excluding hydrogens is 110 g/mol. The fourth-order valence-corrected chi connectivity index (χ4v) is 0.517. The molecule has 9 heavy (non-hydrogen) atoms. The molecule has 0 atom stereocenters. The quantitative estimate of drug-likeness (QED) is 0.405. The van der Waals surface area contributed by atoms with Crippen LogP contribution in [-0.2, 0) is 0 Å². The highest BCUT2D eigenvalue weighted by Gasteiger charge is 1.89. The Morgan fingerprint density at radius 1 is 1.56 bits per heavy atom. The van der Waals surface area contributed by atoms with Crippen molar-refractivity contribution in [1.82, 2.24) is 0 Å². The second kappa shape index (κ2) is 3.91. The maximum Gasteiger partial charge on any atom is 0.0435 e. The zero-order valence-electron chi connectivity index (χ0n) is 6.08. The van der Waals surface area contributed by atoms with Crippen molar-refractivity contribution in [1.29, 1.82) is 5.41 Å². The maximum atomic E-state index is 7.18. The van der Waals surface area contributed by atoms with E-state index in [0.717, 1.165) is 5.57 Å². The summed E-state index contributed by atoms with van der Waals surface area (Å²) in [6.07, 6.45) is 1.85. The van der Waals surface area contributed by atoms with Gasteiger partial charge in [0, 0.05) is 11.3 Å². The van der Waals surface area contributed by atoms with Gasteiger partial charge in [0.05, 0.1) is 0 Å². The minimum atomic E-state index is 0.534. The molecule has 0 aliphatic rings. The van der Waals surface area contributed by atoms with Crippen LogP contribution in [-0.4, -0.2) is 5.71 Å². The number of hydrogen-bond donors (Lipinski definition) is 1. The summed E-state index contributed by atoms with van der Waals surface area (Å²) < 4.78 is 0. The first-order chi connectivity index (χ1) is 4.22. The second-order valence-corrected chi connectivity index (χ2v) is 1.70. The lowest BCUT2D eigenvalue weighted by atomic mass is 10.2. The summed E-state index contributed by atoms with van der Waals surface area (Å²) in [6.45, 7) is 5.39. The highest BCUT2D eigenvalue weighted by molar-refractivity contribution is 5.99. The molecule has 0 fully saturated rings. The number of rotatable bonds is 1. The van der Waals surface area contributed by atoms with Gasteiger partial charge in [-0.3, -0.25) is 0 Å². The number of allylic oxidation sites excluding steroid dienone is 2. The van der Waals surface area contributed by atoms with Gasteiger partial charge in [0.1, 0.15) is 0 Å². The molecular formula is C8H11N. The summed E-state index contributed by atoms with van der Waals surface area (Å²) >= 11 is 0. The molecule has 0 aromatic carbocycles. The summed E-state index contributed by atoms with van der Waals surface area (Å²) in [5, 5.41) is 7.18. The van der Waals surface area contributed by atoms with E-state index >= 15 is 0 Å². The zero-order valence-corrected chi connectivity index (χ0v) is 6.08. The van der Waals surface area contributed by atoms with Gasteiger partial charge in [-0.05, 0) is 20.8 Å². The lowest BCUT2D eigenvalue weighted by molar-refractivity contribution is 1.46. The van der Waals surface area contributed by atoms with Crippen molar-refractivity contribution in [2.75, 3.05) is 0 Å². The Hall–Kier alpha value is -1.03. The molecule has 0 aliphatic heterocycles. The van der Waals surface area contributed by atoms with Gasteiger partial charge in [-0.1, -0.05) is 12.0 Å². The third-order valence-corrected chi connectivity index (χ3v) is 0.952. The van der Waals surface area contributed by atoms with E-state index in [1.807, 2.05) is 13.0 Å². The van der Waals surface area contributed by atoms with Crippen molar-refractivity contribution in [3.8, 4) is 11.8 Å². The van der Waals surface area contributed by atoms with Crippen molar-refractivity contribution in [3.63, 3.8) is 0 Å². The van der Waals surface area contributed by atoms with Gasteiger partial charge in [0.2, 0.25) is 0 Å². The van der Waals surface area contributed by atoms with Crippen LogP contribution in [0.3, 0.4) is 0 Å². The highest BCUT2D eigenvalue weighted by atomic mass is 14.4.